The summed E-state index contributed by atoms with van der Waals surface area (Å²) in [5, 5.41) is 25.0. The van der Waals surface area contributed by atoms with Crippen molar-refractivity contribution in [1.82, 2.24) is 5.01 Å². The van der Waals surface area contributed by atoms with Crippen molar-refractivity contribution >= 4 is 61.9 Å². The van der Waals surface area contributed by atoms with Crippen LogP contribution in [-0.4, -0.2) is 32.4 Å². The number of thioether (sulfide) groups is 1. The molecule has 0 atom stereocenters. The largest absolute Gasteiger partial charge is 0.487 e. The van der Waals surface area contributed by atoms with Gasteiger partial charge in [0.25, 0.3) is 11.6 Å². The van der Waals surface area contributed by atoms with Crippen LogP contribution < -0.4 is 4.74 Å². The number of amidine groups is 2. The van der Waals surface area contributed by atoms with Gasteiger partial charge >= 0.3 is 0 Å². The Labute approximate surface area is 182 Å². The molecule has 0 unspecified atom stereocenters. The van der Waals surface area contributed by atoms with Gasteiger partial charge in [0.1, 0.15) is 12.4 Å². The molecule has 0 spiro atoms. The second kappa shape index (κ2) is 8.20. The first kappa shape index (κ1) is 20.0. The summed E-state index contributed by atoms with van der Waals surface area (Å²) in [5.74, 6) is -0.0580. The highest BCUT2D eigenvalue weighted by Gasteiger charge is 2.32. The van der Waals surface area contributed by atoms with Gasteiger partial charge in [0.05, 0.1) is 26.1 Å². The van der Waals surface area contributed by atoms with Crippen molar-refractivity contribution < 1.29 is 14.5 Å². The number of nitro benzene ring substituents is 1. The predicted molar refractivity (Wildman–Crippen MR) is 118 cm³/mol. The highest BCUT2D eigenvalue weighted by molar-refractivity contribution is 9.10. The van der Waals surface area contributed by atoms with Crippen LogP contribution in [0.2, 0.25) is 0 Å². The number of rotatable bonds is 5. The van der Waals surface area contributed by atoms with Crippen LogP contribution in [0.4, 0.5) is 5.69 Å². The number of carbonyl (C=O) groups is 1. The van der Waals surface area contributed by atoms with E-state index in [0.717, 1.165) is 0 Å². The number of hydrogen-bond donors (Lipinski definition) is 1. The van der Waals surface area contributed by atoms with Gasteiger partial charge in [0.15, 0.2) is 11.0 Å². The molecule has 2 aromatic rings. The van der Waals surface area contributed by atoms with E-state index in [2.05, 4.69) is 26.0 Å². The molecule has 9 nitrogen and oxygen atoms in total. The average molecular weight is 486 g/mol. The van der Waals surface area contributed by atoms with Crippen molar-refractivity contribution in [3.8, 4) is 5.75 Å². The Morgan fingerprint density at radius 1 is 1.30 bits per heavy atom. The van der Waals surface area contributed by atoms with Crippen LogP contribution in [0.1, 0.15) is 11.1 Å². The summed E-state index contributed by atoms with van der Waals surface area (Å²) < 4.78 is 6.33. The van der Waals surface area contributed by atoms with E-state index >= 15 is 0 Å². The molecule has 2 aliphatic rings. The van der Waals surface area contributed by atoms with E-state index in [1.165, 1.54) is 28.4 Å². The van der Waals surface area contributed by atoms with Crippen LogP contribution in [0.3, 0.4) is 0 Å². The Morgan fingerprint density at radius 2 is 2.10 bits per heavy atom. The second-order valence-corrected chi connectivity index (χ2v) is 7.79. The quantitative estimate of drug-likeness (QED) is 0.385. The number of fused-ring (bicyclic) bond motifs is 1. The lowest BCUT2D eigenvalue weighted by atomic mass is 10.1. The maximum absolute atomic E-state index is 12.3. The third-order valence-corrected chi connectivity index (χ3v) is 5.53. The summed E-state index contributed by atoms with van der Waals surface area (Å²) in [6.45, 7) is 0.0292. The van der Waals surface area contributed by atoms with Crippen molar-refractivity contribution in [3.05, 3.63) is 73.8 Å². The van der Waals surface area contributed by atoms with Gasteiger partial charge < -0.3 is 4.74 Å². The Kier molecular flexibility index (Phi) is 5.46. The minimum Gasteiger partial charge on any atom is -0.487 e. The molecule has 0 saturated carbocycles. The van der Waals surface area contributed by atoms with E-state index in [1.54, 1.807) is 42.5 Å². The minimum atomic E-state index is -0.503. The van der Waals surface area contributed by atoms with Gasteiger partial charge in [-0.25, -0.2) is 0 Å². The SMILES string of the molecule is N=C1/C(=C\c2ccc(OCc3ccccc3[N+](=O)[O-])c(Br)c2)C(=O)N=C2SC=NN12. The van der Waals surface area contributed by atoms with Crippen LogP contribution in [0, 0.1) is 15.5 Å². The monoisotopic (exact) mass is 485 g/mol. The molecule has 11 heteroatoms. The number of benzene rings is 2. The zero-order valence-corrected chi connectivity index (χ0v) is 17.5. The van der Waals surface area contributed by atoms with Crippen LogP contribution in [0.15, 0.2) is 62.6 Å². The van der Waals surface area contributed by atoms with Crippen LogP contribution >= 0.6 is 27.7 Å². The zero-order chi connectivity index (χ0) is 21.3. The lowest BCUT2D eigenvalue weighted by molar-refractivity contribution is -0.385. The number of aliphatic imine (C=N–C) groups is 1. The third kappa shape index (κ3) is 3.89. The van der Waals surface area contributed by atoms with Crippen LogP contribution in [-0.2, 0) is 11.4 Å². The van der Waals surface area contributed by atoms with Gasteiger partial charge in [-0.15, -0.1) is 0 Å². The molecular formula is C19H12BrN5O4S. The van der Waals surface area contributed by atoms with Crippen molar-refractivity contribution in [2.24, 2.45) is 10.1 Å². The molecule has 0 bridgehead atoms. The molecule has 0 radical (unpaired) electrons. The van der Waals surface area contributed by atoms with Gasteiger partial charge in [-0.05, 0) is 57.5 Å². The van der Waals surface area contributed by atoms with Gasteiger partial charge in [-0.2, -0.15) is 15.1 Å². The molecule has 150 valence electrons. The number of nitrogens with zero attached hydrogens (tertiary/aromatic N) is 4. The normalized spacial score (nSPS) is 16.6. The first-order valence-electron chi connectivity index (χ1n) is 8.51. The van der Waals surface area contributed by atoms with Crippen LogP contribution in [0.25, 0.3) is 6.08 Å². The summed E-state index contributed by atoms with van der Waals surface area (Å²) in [5.41, 5.74) is 2.75. The lowest BCUT2D eigenvalue weighted by Crippen LogP contribution is -2.35. The summed E-state index contributed by atoms with van der Waals surface area (Å²) in [6, 6.07) is 11.5. The second-order valence-electron chi connectivity index (χ2n) is 6.12. The molecule has 0 saturated heterocycles. The Balaban J connectivity index is 1.54. The smallest absolute Gasteiger partial charge is 0.283 e. The summed E-state index contributed by atoms with van der Waals surface area (Å²) in [4.78, 5) is 26.9. The molecule has 0 fully saturated rings. The molecule has 1 N–H and O–H groups in total. The molecule has 0 aromatic heterocycles. The summed E-state index contributed by atoms with van der Waals surface area (Å²) >= 11 is 4.60. The van der Waals surface area contributed by atoms with E-state index < -0.39 is 10.8 Å². The van der Waals surface area contributed by atoms with E-state index in [1.807, 2.05) is 0 Å². The van der Waals surface area contributed by atoms with E-state index in [-0.39, 0.29) is 23.7 Å². The first-order chi connectivity index (χ1) is 14.4. The van der Waals surface area contributed by atoms with Crippen molar-refractivity contribution in [2.45, 2.75) is 6.61 Å². The highest BCUT2D eigenvalue weighted by Crippen LogP contribution is 2.30. The number of carbonyl (C=O) groups excluding carboxylic acids is 1. The predicted octanol–water partition coefficient (Wildman–Crippen LogP) is 4.19. The number of halogens is 1. The fraction of sp³-hybridized carbons (Fsp3) is 0.0526. The molecule has 1 amide bonds. The summed E-state index contributed by atoms with van der Waals surface area (Å²) in [6.07, 6.45) is 1.56. The molecule has 30 heavy (non-hydrogen) atoms. The number of hydrogen-bond acceptors (Lipinski definition) is 7. The number of ether oxygens (including phenoxy) is 1. The van der Waals surface area contributed by atoms with E-state index in [0.29, 0.717) is 26.5 Å². The number of hydrazone groups is 1. The average Bonchev–Trinajstić information content (AvgIpc) is 3.19. The lowest BCUT2D eigenvalue weighted by Gasteiger charge is -2.20. The Bertz CT molecular complexity index is 1180. The van der Waals surface area contributed by atoms with Crippen LogP contribution in [0.5, 0.6) is 5.75 Å². The maximum Gasteiger partial charge on any atom is 0.283 e. The molecule has 2 aliphatic heterocycles. The van der Waals surface area contributed by atoms with Crippen molar-refractivity contribution in [1.29, 1.82) is 5.41 Å². The number of amides is 1. The van der Waals surface area contributed by atoms with E-state index in [4.69, 9.17) is 10.1 Å². The van der Waals surface area contributed by atoms with Crippen molar-refractivity contribution in [3.63, 3.8) is 0 Å². The maximum atomic E-state index is 12.3. The Hall–Kier alpha value is -3.31. The standard InChI is InChI=1S/C19H12BrN5O4S/c20-14-8-11(7-13-17(21)24-19(23-18(13)26)30-10-22-24)5-6-16(14)29-9-12-3-1-2-4-15(12)25(27)28/h1-8,10,21H,9H2/b13-7+,21-17?. The third-order valence-electron chi connectivity index (χ3n) is 4.23. The van der Waals surface area contributed by atoms with Gasteiger partial charge in [-0.3, -0.25) is 20.3 Å². The Morgan fingerprint density at radius 3 is 2.87 bits per heavy atom. The first-order valence-corrected chi connectivity index (χ1v) is 10.2. The fourth-order valence-electron chi connectivity index (χ4n) is 2.79. The molecular weight excluding hydrogens is 474 g/mol. The molecule has 0 aliphatic carbocycles. The molecule has 4 rings (SSSR count). The van der Waals surface area contributed by atoms with E-state index in [9.17, 15) is 14.9 Å². The topological polar surface area (TPSA) is 121 Å². The highest BCUT2D eigenvalue weighted by atomic mass is 79.9. The van der Waals surface area contributed by atoms with Crippen molar-refractivity contribution in [2.75, 3.05) is 0 Å². The zero-order valence-electron chi connectivity index (χ0n) is 15.1. The molecule has 2 heterocycles. The number of para-hydroxylation sites is 1. The number of nitrogens with one attached hydrogen (secondary N) is 1. The number of nitro groups is 1. The molecule has 2 aromatic carbocycles. The summed E-state index contributed by atoms with van der Waals surface area (Å²) in [7, 11) is 0. The fourth-order valence-corrected chi connectivity index (χ4v) is 3.91. The van der Waals surface area contributed by atoms with Gasteiger partial charge in [-0.1, -0.05) is 18.2 Å². The minimum absolute atomic E-state index is 0.00745. The van der Waals surface area contributed by atoms with Gasteiger partial charge in [0, 0.05) is 6.07 Å². The van der Waals surface area contributed by atoms with Gasteiger partial charge in [0.2, 0.25) is 0 Å².